The van der Waals surface area contributed by atoms with E-state index in [1.807, 2.05) is 4.40 Å². The maximum atomic E-state index is 11.1. The van der Waals surface area contributed by atoms with E-state index in [0.29, 0.717) is 17.3 Å². The van der Waals surface area contributed by atoms with Crippen molar-refractivity contribution in [1.82, 2.24) is 19.6 Å². The smallest absolute Gasteiger partial charge is 0.265 e. The Labute approximate surface area is 152 Å². The summed E-state index contributed by atoms with van der Waals surface area (Å²) in [5.74, 6) is 1.27. The van der Waals surface area contributed by atoms with Crippen LogP contribution in [0.2, 0.25) is 0 Å². The van der Waals surface area contributed by atoms with Gasteiger partial charge in [0.1, 0.15) is 11.2 Å². The number of thiophene rings is 1. The van der Waals surface area contributed by atoms with E-state index < -0.39 is 4.92 Å². The predicted molar refractivity (Wildman–Crippen MR) is 99.4 cm³/mol. The summed E-state index contributed by atoms with van der Waals surface area (Å²) in [6.45, 7) is 2.29. The van der Waals surface area contributed by atoms with Gasteiger partial charge in [-0.15, -0.1) is 21.5 Å². The molecule has 0 amide bonds. The van der Waals surface area contributed by atoms with Crippen LogP contribution in [0.3, 0.4) is 0 Å². The molecule has 0 saturated heterocycles. The SMILES string of the molecule is CC1CCc2c(sc3ncn4c(-c5cccc([N+](=O)[O-])c5)nnc4c23)C1. The zero-order valence-corrected chi connectivity index (χ0v) is 14.9. The molecule has 0 bridgehead atoms. The highest BCUT2D eigenvalue weighted by Gasteiger charge is 2.24. The van der Waals surface area contributed by atoms with E-state index in [4.69, 9.17) is 0 Å². The number of nitro benzene ring substituents is 1. The van der Waals surface area contributed by atoms with Gasteiger partial charge in [-0.05, 0) is 30.7 Å². The van der Waals surface area contributed by atoms with E-state index in [2.05, 4.69) is 22.1 Å². The molecule has 8 heteroatoms. The molecular weight excluding hydrogens is 350 g/mol. The molecule has 26 heavy (non-hydrogen) atoms. The van der Waals surface area contributed by atoms with Crippen LogP contribution in [0.15, 0.2) is 30.6 Å². The zero-order chi connectivity index (χ0) is 17.8. The number of aryl methyl sites for hydroxylation is 1. The molecule has 5 rings (SSSR count). The first kappa shape index (κ1) is 15.4. The molecule has 1 aliphatic carbocycles. The molecule has 4 aromatic rings. The number of nitro groups is 1. The largest absolute Gasteiger partial charge is 0.270 e. The molecule has 1 atom stereocenters. The molecule has 130 valence electrons. The predicted octanol–water partition coefficient (Wildman–Crippen LogP) is 4.04. The summed E-state index contributed by atoms with van der Waals surface area (Å²) in [6.07, 6.45) is 5.02. The van der Waals surface area contributed by atoms with E-state index in [-0.39, 0.29) is 5.69 Å². The Morgan fingerprint density at radius 2 is 2.23 bits per heavy atom. The van der Waals surface area contributed by atoms with Gasteiger partial charge in [-0.2, -0.15) is 0 Å². The number of hydrogen-bond acceptors (Lipinski definition) is 6. The van der Waals surface area contributed by atoms with Gasteiger partial charge < -0.3 is 0 Å². The van der Waals surface area contributed by atoms with Crippen LogP contribution in [0.5, 0.6) is 0 Å². The average Bonchev–Trinajstić information content (AvgIpc) is 3.21. The van der Waals surface area contributed by atoms with E-state index in [9.17, 15) is 10.1 Å². The van der Waals surface area contributed by atoms with Gasteiger partial charge in [-0.1, -0.05) is 19.1 Å². The van der Waals surface area contributed by atoms with Gasteiger partial charge in [0, 0.05) is 22.6 Å². The molecule has 1 aromatic carbocycles. The van der Waals surface area contributed by atoms with Gasteiger partial charge >= 0.3 is 0 Å². The van der Waals surface area contributed by atoms with E-state index in [1.54, 1.807) is 29.8 Å². The number of benzene rings is 1. The van der Waals surface area contributed by atoms with Crippen molar-refractivity contribution < 1.29 is 4.92 Å². The van der Waals surface area contributed by atoms with E-state index in [0.717, 1.165) is 28.7 Å². The fraction of sp³-hybridized carbons (Fsp3) is 0.278. The summed E-state index contributed by atoms with van der Waals surface area (Å²) in [5.41, 5.74) is 2.82. The molecule has 0 saturated carbocycles. The van der Waals surface area contributed by atoms with Crippen molar-refractivity contribution in [1.29, 1.82) is 0 Å². The third-order valence-corrected chi connectivity index (χ3v) is 6.18. The number of fused-ring (bicyclic) bond motifs is 5. The third kappa shape index (κ3) is 2.22. The Balaban J connectivity index is 1.73. The Kier molecular flexibility index (Phi) is 3.30. The molecule has 3 heterocycles. The molecule has 3 aromatic heterocycles. The second-order valence-electron chi connectivity index (χ2n) is 6.80. The number of non-ortho nitro benzene ring substituents is 1. The van der Waals surface area contributed by atoms with Crippen LogP contribution in [0.1, 0.15) is 23.8 Å². The maximum Gasteiger partial charge on any atom is 0.270 e. The second-order valence-corrected chi connectivity index (χ2v) is 7.88. The summed E-state index contributed by atoms with van der Waals surface area (Å²) >= 11 is 1.75. The standard InChI is InChI=1S/C18H15N5O2S/c1-10-5-6-13-14(7-10)26-18-15(13)17-21-20-16(22(17)9-19-18)11-3-2-4-12(8-11)23(24)25/h2-4,8-10H,5-7H2,1H3. The third-order valence-electron chi connectivity index (χ3n) is 5.02. The lowest BCUT2D eigenvalue weighted by Gasteiger charge is -2.17. The molecule has 1 aliphatic rings. The van der Waals surface area contributed by atoms with Crippen LogP contribution < -0.4 is 0 Å². The minimum absolute atomic E-state index is 0.0372. The first-order valence-electron chi connectivity index (χ1n) is 8.50. The van der Waals surface area contributed by atoms with Gasteiger partial charge in [0.2, 0.25) is 0 Å². The van der Waals surface area contributed by atoms with Crippen molar-refractivity contribution in [2.24, 2.45) is 5.92 Å². The van der Waals surface area contributed by atoms with Crippen LogP contribution in [0.4, 0.5) is 5.69 Å². The van der Waals surface area contributed by atoms with Crippen LogP contribution in [0.25, 0.3) is 27.3 Å². The first-order valence-corrected chi connectivity index (χ1v) is 9.32. The maximum absolute atomic E-state index is 11.1. The second kappa shape index (κ2) is 5.57. The summed E-state index contributed by atoms with van der Waals surface area (Å²) in [7, 11) is 0. The highest BCUT2D eigenvalue weighted by atomic mass is 32.1. The lowest BCUT2D eigenvalue weighted by molar-refractivity contribution is -0.384. The Morgan fingerprint density at radius 1 is 1.35 bits per heavy atom. The van der Waals surface area contributed by atoms with Crippen molar-refractivity contribution in [2.75, 3.05) is 0 Å². The molecule has 0 spiro atoms. The van der Waals surface area contributed by atoms with Gasteiger partial charge in [-0.3, -0.25) is 14.5 Å². The fourth-order valence-corrected chi connectivity index (χ4v) is 5.04. The number of rotatable bonds is 2. The fourth-order valence-electron chi connectivity index (χ4n) is 3.69. The minimum atomic E-state index is -0.403. The van der Waals surface area contributed by atoms with Gasteiger partial charge in [0.05, 0.1) is 10.3 Å². The molecule has 0 N–H and O–H groups in total. The molecule has 1 unspecified atom stereocenters. The highest BCUT2D eigenvalue weighted by molar-refractivity contribution is 7.19. The van der Waals surface area contributed by atoms with Crippen molar-refractivity contribution in [3.8, 4) is 11.4 Å². The Morgan fingerprint density at radius 3 is 3.08 bits per heavy atom. The van der Waals surface area contributed by atoms with E-state index in [1.165, 1.54) is 29.0 Å². The first-order chi connectivity index (χ1) is 12.6. The summed E-state index contributed by atoms with van der Waals surface area (Å²) in [6, 6.07) is 6.46. The van der Waals surface area contributed by atoms with Crippen molar-refractivity contribution in [3.63, 3.8) is 0 Å². The minimum Gasteiger partial charge on any atom is -0.265 e. The Hall–Kier alpha value is -2.87. The van der Waals surface area contributed by atoms with E-state index >= 15 is 0 Å². The topological polar surface area (TPSA) is 86.2 Å². The lowest BCUT2D eigenvalue weighted by atomic mass is 9.89. The normalized spacial score (nSPS) is 16.9. The zero-order valence-electron chi connectivity index (χ0n) is 14.0. The van der Waals surface area contributed by atoms with Crippen LogP contribution in [-0.2, 0) is 12.8 Å². The van der Waals surface area contributed by atoms with Crippen molar-refractivity contribution >= 4 is 32.9 Å². The molecule has 0 fully saturated rings. The molecular formula is C18H15N5O2S. The highest BCUT2D eigenvalue weighted by Crippen LogP contribution is 2.39. The molecule has 0 radical (unpaired) electrons. The average molecular weight is 365 g/mol. The van der Waals surface area contributed by atoms with Crippen LogP contribution in [0, 0.1) is 16.0 Å². The summed E-state index contributed by atoms with van der Waals surface area (Å²) < 4.78 is 1.84. The lowest BCUT2D eigenvalue weighted by Crippen LogP contribution is -2.08. The van der Waals surface area contributed by atoms with Crippen LogP contribution >= 0.6 is 11.3 Å². The molecule has 7 nitrogen and oxygen atoms in total. The Bertz CT molecular complexity index is 1180. The number of hydrogen-bond donors (Lipinski definition) is 0. The van der Waals surface area contributed by atoms with Gasteiger partial charge in [0.15, 0.2) is 11.5 Å². The monoisotopic (exact) mass is 365 g/mol. The van der Waals surface area contributed by atoms with Crippen molar-refractivity contribution in [2.45, 2.75) is 26.2 Å². The summed E-state index contributed by atoms with van der Waals surface area (Å²) in [4.78, 5) is 17.7. The van der Waals surface area contributed by atoms with Gasteiger partial charge in [-0.25, -0.2) is 4.98 Å². The number of aromatic nitrogens is 4. The van der Waals surface area contributed by atoms with Crippen molar-refractivity contribution in [3.05, 3.63) is 51.1 Å². The molecule has 0 aliphatic heterocycles. The number of nitrogens with zero attached hydrogens (tertiary/aromatic N) is 5. The van der Waals surface area contributed by atoms with Gasteiger partial charge in [0.25, 0.3) is 5.69 Å². The quantitative estimate of drug-likeness (QED) is 0.395. The van der Waals surface area contributed by atoms with Crippen LogP contribution in [-0.4, -0.2) is 24.5 Å². The summed E-state index contributed by atoms with van der Waals surface area (Å²) in [5, 5.41) is 20.9.